The highest BCUT2D eigenvalue weighted by atomic mass is 19.2. The number of amides is 1. The van der Waals surface area contributed by atoms with Crippen molar-refractivity contribution < 1.29 is 22.7 Å². The molecule has 3 heterocycles. The second kappa shape index (κ2) is 8.66. The first-order valence-electron chi connectivity index (χ1n) is 11.2. The smallest absolute Gasteiger partial charge is 0.250 e. The minimum atomic E-state index is -1.49. The van der Waals surface area contributed by atoms with Crippen molar-refractivity contribution >= 4 is 12.0 Å². The molecule has 0 saturated carbocycles. The van der Waals surface area contributed by atoms with Crippen LogP contribution in [0.15, 0.2) is 48.4 Å². The number of nitrogens with zero attached hydrogens (tertiary/aromatic N) is 3. The fraction of sp³-hybridized carbons (Fsp3) is 0.308. The minimum absolute atomic E-state index is 0.00668. The van der Waals surface area contributed by atoms with Crippen LogP contribution in [-0.4, -0.2) is 33.5 Å². The lowest BCUT2D eigenvalue weighted by Crippen LogP contribution is -2.41. The van der Waals surface area contributed by atoms with Gasteiger partial charge in [-0.05, 0) is 74.1 Å². The first-order valence-corrected chi connectivity index (χ1v) is 11.2. The lowest BCUT2D eigenvalue weighted by molar-refractivity contribution is -0.131. The largest absolute Gasteiger partial charge is 0.495 e. The van der Waals surface area contributed by atoms with Gasteiger partial charge in [0.25, 0.3) is 5.91 Å². The van der Waals surface area contributed by atoms with Crippen LogP contribution in [0.25, 0.3) is 11.8 Å². The van der Waals surface area contributed by atoms with Crippen LogP contribution in [0.2, 0.25) is 0 Å². The van der Waals surface area contributed by atoms with Crippen molar-refractivity contribution in [2.75, 3.05) is 7.11 Å². The van der Waals surface area contributed by atoms with E-state index in [-0.39, 0.29) is 17.5 Å². The third kappa shape index (κ3) is 3.87. The van der Waals surface area contributed by atoms with Crippen LogP contribution in [0.4, 0.5) is 13.2 Å². The summed E-state index contributed by atoms with van der Waals surface area (Å²) in [7, 11) is 1.59. The molecule has 2 fully saturated rings. The molecule has 0 spiro atoms. The van der Waals surface area contributed by atoms with E-state index >= 15 is 0 Å². The first kappa shape index (κ1) is 22.3. The summed E-state index contributed by atoms with van der Waals surface area (Å²) in [6.07, 6.45) is 8.16. The van der Waals surface area contributed by atoms with Gasteiger partial charge in [0.15, 0.2) is 17.5 Å². The molecule has 0 unspecified atom stereocenters. The Morgan fingerprint density at radius 1 is 1.09 bits per heavy atom. The number of piperidine rings is 1. The number of hydrogen-bond acceptors (Lipinski definition) is 3. The van der Waals surface area contributed by atoms with Crippen LogP contribution in [0, 0.1) is 24.4 Å². The molecule has 176 valence electrons. The fourth-order valence-electron chi connectivity index (χ4n) is 5.05. The van der Waals surface area contributed by atoms with Crippen molar-refractivity contribution in [3.05, 3.63) is 82.7 Å². The number of aromatic nitrogens is 2. The van der Waals surface area contributed by atoms with Gasteiger partial charge in [0.05, 0.1) is 30.9 Å². The van der Waals surface area contributed by atoms with E-state index in [1.807, 2.05) is 42.0 Å². The van der Waals surface area contributed by atoms with E-state index in [1.165, 1.54) is 0 Å². The molecule has 2 saturated heterocycles. The van der Waals surface area contributed by atoms with E-state index in [0.29, 0.717) is 24.2 Å². The zero-order valence-corrected chi connectivity index (χ0v) is 18.9. The fourth-order valence-corrected chi connectivity index (χ4v) is 5.05. The number of ether oxygens (including phenoxy) is 1. The molecule has 1 amide bonds. The predicted octanol–water partition coefficient (Wildman–Crippen LogP) is 5.52. The number of carbonyl (C=O) groups excluding carboxylic acids is 1. The van der Waals surface area contributed by atoms with Gasteiger partial charge in [-0.2, -0.15) is 0 Å². The number of rotatable bonds is 4. The van der Waals surface area contributed by atoms with Gasteiger partial charge >= 0.3 is 0 Å². The van der Waals surface area contributed by atoms with Crippen molar-refractivity contribution in [2.45, 2.75) is 44.7 Å². The van der Waals surface area contributed by atoms with Crippen LogP contribution < -0.4 is 4.74 Å². The molecule has 5 rings (SSSR count). The maximum absolute atomic E-state index is 13.9. The van der Waals surface area contributed by atoms with Crippen molar-refractivity contribution in [3.8, 4) is 11.4 Å². The van der Waals surface area contributed by atoms with Gasteiger partial charge in [-0.25, -0.2) is 18.2 Å². The molecule has 0 aliphatic carbocycles. The van der Waals surface area contributed by atoms with Gasteiger partial charge in [-0.1, -0.05) is 6.07 Å². The summed E-state index contributed by atoms with van der Waals surface area (Å²) in [4.78, 5) is 19.4. The lowest BCUT2D eigenvalue weighted by atomic mass is 9.95. The van der Waals surface area contributed by atoms with Gasteiger partial charge in [-0.3, -0.25) is 4.79 Å². The Labute approximate surface area is 195 Å². The molecular formula is C26H24F3N3O2. The Hall–Kier alpha value is -3.55. The summed E-state index contributed by atoms with van der Waals surface area (Å²) in [5, 5.41) is 0. The number of carbonyl (C=O) groups is 1. The van der Waals surface area contributed by atoms with E-state index in [0.717, 1.165) is 41.9 Å². The van der Waals surface area contributed by atoms with Crippen molar-refractivity contribution in [1.82, 2.24) is 14.5 Å². The number of hydrogen-bond donors (Lipinski definition) is 0. The Bertz CT molecular complexity index is 1280. The van der Waals surface area contributed by atoms with Gasteiger partial charge < -0.3 is 14.2 Å². The average Bonchev–Trinajstić information content (AvgIpc) is 3.45. The normalized spacial score (nSPS) is 21.3. The van der Waals surface area contributed by atoms with Crippen molar-refractivity contribution in [1.29, 1.82) is 0 Å². The molecule has 3 aromatic rings. The molecular weight excluding hydrogens is 443 g/mol. The Balaban J connectivity index is 1.44. The molecule has 2 atom stereocenters. The number of aryl methyl sites for hydroxylation is 1. The van der Waals surface area contributed by atoms with Crippen LogP contribution in [0.5, 0.6) is 5.75 Å². The number of halogens is 3. The Morgan fingerprint density at radius 2 is 1.85 bits per heavy atom. The third-order valence-electron chi connectivity index (χ3n) is 6.68. The molecule has 2 aromatic carbocycles. The third-order valence-corrected chi connectivity index (χ3v) is 6.68. The maximum atomic E-state index is 13.9. The lowest BCUT2D eigenvalue weighted by Gasteiger charge is -2.35. The van der Waals surface area contributed by atoms with Crippen molar-refractivity contribution in [3.63, 3.8) is 0 Å². The molecule has 2 aliphatic rings. The van der Waals surface area contributed by atoms with Crippen LogP contribution in [0.1, 0.15) is 48.5 Å². The van der Waals surface area contributed by atoms with Gasteiger partial charge in [0.1, 0.15) is 5.75 Å². The van der Waals surface area contributed by atoms with E-state index in [9.17, 15) is 18.0 Å². The summed E-state index contributed by atoms with van der Waals surface area (Å²) >= 11 is 0. The molecule has 5 nitrogen and oxygen atoms in total. The minimum Gasteiger partial charge on any atom is -0.495 e. The zero-order valence-electron chi connectivity index (χ0n) is 18.9. The van der Waals surface area contributed by atoms with Crippen LogP contribution >= 0.6 is 0 Å². The topological polar surface area (TPSA) is 47.4 Å². The number of imidazole rings is 1. The summed E-state index contributed by atoms with van der Waals surface area (Å²) in [5.74, 6) is -3.48. The monoisotopic (exact) mass is 467 g/mol. The number of benzene rings is 2. The summed E-state index contributed by atoms with van der Waals surface area (Å²) in [5.41, 5.74) is 3.44. The SMILES string of the molecule is COc1cc(C=C2CC[C@@H]3CC[C@@H](c4cc(F)c(F)c(F)c4)N3C2=O)ccc1-n1cnc(C)c1. The van der Waals surface area contributed by atoms with Crippen LogP contribution in [-0.2, 0) is 4.79 Å². The van der Waals surface area contributed by atoms with E-state index < -0.39 is 23.5 Å². The molecule has 1 aromatic heterocycles. The van der Waals surface area contributed by atoms with E-state index in [2.05, 4.69) is 4.98 Å². The van der Waals surface area contributed by atoms with E-state index in [4.69, 9.17) is 4.74 Å². The molecule has 0 N–H and O–H groups in total. The van der Waals surface area contributed by atoms with Crippen molar-refractivity contribution in [2.24, 2.45) is 0 Å². The highest BCUT2D eigenvalue weighted by Gasteiger charge is 2.42. The molecule has 34 heavy (non-hydrogen) atoms. The average molecular weight is 467 g/mol. The molecule has 2 aliphatic heterocycles. The van der Waals surface area contributed by atoms with E-state index in [1.54, 1.807) is 18.3 Å². The van der Waals surface area contributed by atoms with Gasteiger partial charge in [-0.15, -0.1) is 0 Å². The standard InChI is InChI=1S/C26H24F3N3O2/c1-15-13-31(14-30-15)23-7-3-16(10-24(23)34-2)9-17-4-5-19-6-8-22(32(19)26(17)33)18-11-20(27)25(29)21(28)12-18/h3,7,9-14,19,22H,4-6,8H2,1-2H3/t19-,22+/m1/s1. The first-order chi connectivity index (χ1) is 16.4. The summed E-state index contributed by atoms with van der Waals surface area (Å²) < 4.78 is 48.6. The molecule has 8 heteroatoms. The highest BCUT2D eigenvalue weighted by Crippen LogP contribution is 2.43. The Morgan fingerprint density at radius 3 is 2.53 bits per heavy atom. The zero-order chi connectivity index (χ0) is 24.0. The summed E-state index contributed by atoms with van der Waals surface area (Å²) in [6.45, 7) is 1.91. The Kier molecular flexibility index (Phi) is 5.67. The quantitative estimate of drug-likeness (QED) is 0.375. The number of methoxy groups -OCH3 is 1. The second-order valence-corrected chi connectivity index (χ2v) is 8.82. The molecule has 0 radical (unpaired) electrons. The second-order valence-electron chi connectivity index (χ2n) is 8.82. The highest BCUT2D eigenvalue weighted by molar-refractivity contribution is 5.99. The number of fused-ring (bicyclic) bond motifs is 1. The molecule has 0 bridgehead atoms. The van der Waals surface area contributed by atoms with Crippen LogP contribution in [0.3, 0.4) is 0 Å². The summed E-state index contributed by atoms with van der Waals surface area (Å²) in [6, 6.07) is 7.20. The van der Waals surface area contributed by atoms with Gasteiger partial charge in [0.2, 0.25) is 0 Å². The predicted molar refractivity (Wildman–Crippen MR) is 121 cm³/mol. The van der Waals surface area contributed by atoms with Gasteiger partial charge in [0, 0.05) is 17.8 Å². The maximum Gasteiger partial charge on any atom is 0.250 e.